The Bertz CT molecular complexity index is 451. The number of benzene rings is 1. The van der Waals surface area contributed by atoms with Gasteiger partial charge in [0.1, 0.15) is 6.04 Å². The molecule has 18 heavy (non-hydrogen) atoms. The molecule has 1 aromatic carbocycles. The molecule has 1 saturated heterocycles. The van der Waals surface area contributed by atoms with Gasteiger partial charge in [-0.15, -0.1) is 0 Å². The highest BCUT2D eigenvalue weighted by atomic mass is 79.9. The summed E-state index contributed by atoms with van der Waals surface area (Å²) >= 11 is 6.97. The maximum Gasteiger partial charge on any atom is 0.320 e. The second-order valence-corrected chi connectivity index (χ2v) is 6.33. The van der Waals surface area contributed by atoms with E-state index in [1.54, 1.807) is 0 Å². The average molecular weight is 377 g/mol. The molecule has 1 aromatic rings. The molecule has 5 heteroatoms. The van der Waals surface area contributed by atoms with Crippen LogP contribution < -0.4 is 0 Å². The van der Waals surface area contributed by atoms with E-state index in [0.717, 1.165) is 40.3 Å². The fourth-order valence-electron chi connectivity index (χ4n) is 2.34. The monoisotopic (exact) mass is 375 g/mol. The summed E-state index contributed by atoms with van der Waals surface area (Å²) in [4.78, 5) is 13.3. The minimum absolute atomic E-state index is 0.343. The topological polar surface area (TPSA) is 40.5 Å². The zero-order chi connectivity index (χ0) is 13.1. The molecule has 1 unspecified atom stereocenters. The van der Waals surface area contributed by atoms with Gasteiger partial charge in [-0.3, -0.25) is 9.69 Å². The van der Waals surface area contributed by atoms with Gasteiger partial charge in [0.05, 0.1) is 0 Å². The molecule has 3 nitrogen and oxygen atoms in total. The van der Waals surface area contributed by atoms with Crippen LogP contribution in [0.25, 0.3) is 0 Å². The van der Waals surface area contributed by atoms with Crippen molar-refractivity contribution in [1.82, 2.24) is 4.90 Å². The highest BCUT2D eigenvalue weighted by Crippen LogP contribution is 2.26. The fraction of sp³-hybridized carbons (Fsp3) is 0.462. The van der Waals surface area contributed by atoms with Crippen molar-refractivity contribution in [1.29, 1.82) is 0 Å². The first kappa shape index (κ1) is 14.0. The Balaban J connectivity index is 2.15. The minimum Gasteiger partial charge on any atom is -0.480 e. The maximum atomic E-state index is 11.2. The van der Waals surface area contributed by atoms with Gasteiger partial charge in [0.2, 0.25) is 0 Å². The summed E-state index contributed by atoms with van der Waals surface area (Å²) in [5.41, 5.74) is 1.12. The van der Waals surface area contributed by atoms with Crippen LogP contribution in [0.1, 0.15) is 24.8 Å². The van der Waals surface area contributed by atoms with E-state index in [4.69, 9.17) is 0 Å². The van der Waals surface area contributed by atoms with Crippen molar-refractivity contribution in [2.45, 2.75) is 31.8 Å². The van der Waals surface area contributed by atoms with Crippen LogP contribution in [-0.4, -0.2) is 28.6 Å². The number of carbonyl (C=O) groups is 1. The van der Waals surface area contributed by atoms with Crippen molar-refractivity contribution < 1.29 is 9.90 Å². The largest absolute Gasteiger partial charge is 0.480 e. The Kier molecular flexibility index (Phi) is 4.81. The van der Waals surface area contributed by atoms with Gasteiger partial charge in [-0.25, -0.2) is 0 Å². The molecule has 0 aromatic heterocycles. The van der Waals surface area contributed by atoms with Gasteiger partial charge in [0.15, 0.2) is 0 Å². The number of hydrogen-bond acceptors (Lipinski definition) is 2. The minimum atomic E-state index is -0.708. The molecule has 0 aliphatic carbocycles. The molecule has 0 radical (unpaired) electrons. The van der Waals surface area contributed by atoms with Crippen molar-refractivity contribution in [2.24, 2.45) is 0 Å². The SMILES string of the molecule is O=C(O)C1CCCCN1Cc1cc(Br)ccc1Br. The number of halogens is 2. The smallest absolute Gasteiger partial charge is 0.320 e. The van der Waals surface area contributed by atoms with E-state index in [0.29, 0.717) is 6.54 Å². The quantitative estimate of drug-likeness (QED) is 0.875. The molecule has 98 valence electrons. The number of aliphatic carboxylic acids is 1. The number of likely N-dealkylation sites (tertiary alicyclic amines) is 1. The summed E-state index contributed by atoms with van der Waals surface area (Å²) in [6.07, 6.45) is 2.84. The summed E-state index contributed by atoms with van der Waals surface area (Å²) in [5, 5.41) is 9.25. The third kappa shape index (κ3) is 3.33. The van der Waals surface area contributed by atoms with E-state index in [2.05, 4.69) is 36.8 Å². The highest BCUT2D eigenvalue weighted by molar-refractivity contribution is 9.11. The van der Waals surface area contributed by atoms with Crippen molar-refractivity contribution in [3.8, 4) is 0 Å². The summed E-state index contributed by atoms with van der Waals surface area (Å²) in [6, 6.07) is 5.65. The molecule has 1 heterocycles. The van der Waals surface area contributed by atoms with E-state index >= 15 is 0 Å². The summed E-state index contributed by atoms with van der Waals surface area (Å²) in [6.45, 7) is 1.53. The lowest BCUT2D eigenvalue weighted by Gasteiger charge is -2.33. The molecule has 2 rings (SSSR count). The van der Waals surface area contributed by atoms with Gasteiger partial charge in [-0.1, -0.05) is 38.3 Å². The van der Waals surface area contributed by atoms with E-state index in [9.17, 15) is 9.90 Å². The predicted octanol–water partition coefficient (Wildman–Crippen LogP) is 3.65. The second kappa shape index (κ2) is 6.17. The first-order valence-electron chi connectivity index (χ1n) is 5.98. The molecular weight excluding hydrogens is 362 g/mol. The number of nitrogens with zero attached hydrogens (tertiary/aromatic N) is 1. The number of carboxylic acids is 1. The number of carboxylic acid groups (broad SMARTS) is 1. The zero-order valence-electron chi connectivity index (χ0n) is 9.90. The second-order valence-electron chi connectivity index (χ2n) is 4.56. The molecule has 1 N–H and O–H groups in total. The molecule has 1 atom stereocenters. The van der Waals surface area contributed by atoms with Crippen molar-refractivity contribution >= 4 is 37.8 Å². The van der Waals surface area contributed by atoms with Gasteiger partial charge in [0, 0.05) is 15.5 Å². The van der Waals surface area contributed by atoms with Gasteiger partial charge < -0.3 is 5.11 Å². The molecule has 1 fully saturated rings. The Morgan fingerprint density at radius 1 is 1.39 bits per heavy atom. The van der Waals surface area contributed by atoms with Crippen LogP contribution in [0.2, 0.25) is 0 Å². The Hall–Kier alpha value is -0.390. The van der Waals surface area contributed by atoms with E-state index in [1.807, 2.05) is 18.2 Å². The van der Waals surface area contributed by atoms with Crippen LogP contribution >= 0.6 is 31.9 Å². The van der Waals surface area contributed by atoms with Crippen molar-refractivity contribution in [3.63, 3.8) is 0 Å². The summed E-state index contributed by atoms with van der Waals surface area (Å²) in [7, 11) is 0. The van der Waals surface area contributed by atoms with E-state index in [1.165, 1.54) is 0 Å². The Morgan fingerprint density at radius 2 is 2.17 bits per heavy atom. The molecule has 1 aliphatic heterocycles. The molecule has 0 amide bonds. The average Bonchev–Trinajstić information content (AvgIpc) is 2.34. The third-order valence-electron chi connectivity index (χ3n) is 3.28. The first-order chi connectivity index (χ1) is 8.58. The summed E-state index contributed by atoms with van der Waals surface area (Å²) < 4.78 is 2.05. The van der Waals surface area contributed by atoms with Crippen LogP contribution in [-0.2, 0) is 11.3 Å². The van der Waals surface area contributed by atoms with Gasteiger partial charge >= 0.3 is 5.97 Å². The first-order valence-corrected chi connectivity index (χ1v) is 7.57. The van der Waals surface area contributed by atoms with Gasteiger partial charge in [0.25, 0.3) is 0 Å². The lowest BCUT2D eigenvalue weighted by Crippen LogP contribution is -2.44. The van der Waals surface area contributed by atoms with Crippen LogP contribution in [0, 0.1) is 0 Å². The molecule has 0 spiro atoms. The molecule has 0 saturated carbocycles. The lowest BCUT2D eigenvalue weighted by atomic mass is 10.0. The predicted molar refractivity (Wildman–Crippen MR) is 77.5 cm³/mol. The number of hydrogen-bond donors (Lipinski definition) is 1. The van der Waals surface area contributed by atoms with Gasteiger partial charge in [-0.2, -0.15) is 0 Å². The Morgan fingerprint density at radius 3 is 2.89 bits per heavy atom. The molecule has 0 bridgehead atoms. The van der Waals surface area contributed by atoms with Crippen molar-refractivity contribution in [3.05, 3.63) is 32.7 Å². The van der Waals surface area contributed by atoms with Crippen LogP contribution in [0.3, 0.4) is 0 Å². The Labute approximate surface area is 123 Å². The third-order valence-corrected chi connectivity index (χ3v) is 4.55. The van der Waals surface area contributed by atoms with Gasteiger partial charge in [-0.05, 0) is 43.1 Å². The number of piperidine rings is 1. The molecular formula is C13H15Br2NO2. The number of rotatable bonds is 3. The van der Waals surface area contributed by atoms with Crippen molar-refractivity contribution in [2.75, 3.05) is 6.54 Å². The zero-order valence-corrected chi connectivity index (χ0v) is 13.1. The summed E-state index contributed by atoms with van der Waals surface area (Å²) in [5.74, 6) is -0.708. The van der Waals surface area contributed by atoms with Crippen LogP contribution in [0.5, 0.6) is 0 Å². The van der Waals surface area contributed by atoms with E-state index in [-0.39, 0.29) is 6.04 Å². The standard InChI is InChI=1S/C13H15Br2NO2/c14-10-4-5-11(15)9(7-10)8-16-6-2-1-3-12(16)13(17)18/h4-5,7,12H,1-3,6,8H2,(H,17,18). The van der Waals surface area contributed by atoms with E-state index < -0.39 is 5.97 Å². The lowest BCUT2D eigenvalue weighted by molar-refractivity contribution is -0.144. The highest BCUT2D eigenvalue weighted by Gasteiger charge is 2.28. The fourth-order valence-corrected chi connectivity index (χ4v) is 3.12. The normalized spacial score (nSPS) is 20.9. The maximum absolute atomic E-state index is 11.2. The van der Waals surface area contributed by atoms with Crippen LogP contribution in [0.15, 0.2) is 27.1 Å². The molecule has 1 aliphatic rings. The van der Waals surface area contributed by atoms with Crippen LogP contribution in [0.4, 0.5) is 0 Å².